The molecule has 0 bridgehead atoms. The summed E-state index contributed by atoms with van der Waals surface area (Å²) in [6.45, 7) is 0.866. The molecule has 0 aromatic carbocycles. The first-order valence-electron chi connectivity index (χ1n) is 4.82. The first-order chi connectivity index (χ1) is 7.26. The minimum absolute atomic E-state index is 0.117. The first-order valence-corrected chi connectivity index (χ1v) is 4.82. The minimum atomic E-state index is -0.335. The van der Waals surface area contributed by atoms with E-state index in [0.29, 0.717) is 13.1 Å². The van der Waals surface area contributed by atoms with Crippen LogP contribution in [0, 0.1) is 0 Å². The third kappa shape index (κ3) is 7.09. The van der Waals surface area contributed by atoms with Gasteiger partial charge in [-0.15, -0.1) is 0 Å². The van der Waals surface area contributed by atoms with Crippen molar-refractivity contribution < 1.29 is 20.1 Å². The maximum absolute atomic E-state index is 11.4. The first kappa shape index (κ1) is 14.1. The van der Waals surface area contributed by atoms with Gasteiger partial charge in [-0.05, 0) is 0 Å². The number of carbonyl (C=O) groups is 1. The van der Waals surface area contributed by atoms with Gasteiger partial charge in [-0.3, -0.25) is 5.32 Å². The number of hydrogen-bond acceptors (Lipinski definition) is 5. The average molecular weight is 221 g/mol. The third-order valence-corrected chi connectivity index (χ3v) is 1.72. The van der Waals surface area contributed by atoms with Gasteiger partial charge in [-0.1, -0.05) is 0 Å². The molecule has 5 N–H and O–H groups in total. The largest absolute Gasteiger partial charge is 0.395 e. The Bertz CT molecular complexity index is 168. The number of nitrogens with one attached hydrogen (secondary N) is 2. The van der Waals surface area contributed by atoms with Gasteiger partial charge in [-0.25, -0.2) is 4.79 Å². The molecule has 0 spiro atoms. The van der Waals surface area contributed by atoms with E-state index in [9.17, 15) is 4.79 Å². The van der Waals surface area contributed by atoms with E-state index >= 15 is 0 Å². The molecule has 0 aromatic heterocycles. The number of rotatable bonds is 8. The van der Waals surface area contributed by atoms with Gasteiger partial charge >= 0.3 is 6.03 Å². The quantitative estimate of drug-likeness (QED) is 0.231. The van der Waals surface area contributed by atoms with Gasteiger partial charge in [0.1, 0.15) is 0 Å². The van der Waals surface area contributed by atoms with Gasteiger partial charge in [0.05, 0.1) is 19.9 Å². The minimum Gasteiger partial charge on any atom is -0.395 e. The highest BCUT2D eigenvalue weighted by molar-refractivity contribution is 5.74. The van der Waals surface area contributed by atoms with E-state index < -0.39 is 0 Å². The molecule has 0 saturated carbocycles. The summed E-state index contributed by atoms with van der Waals surface area (Å²) in [6.07, 6.45) is 0. The third-order valence-electron chi connectivity index (χ3n) is 1.72. The van der Waals surface area contributed by atoms with Crippen molar-refractivity contribution >= 4 is 6.03 Å². The molecule has 0 atom stereocenters. The Morgan fingerprint density at radius 1 is 1.07 bits per heavy atom. The van der Waals surface area contributed by atoms with Gasteiger partial charge in [-0.2, -0.15) is 0 Å². The number of carbonyl (C=O) groups excluding carboxylic acids is 1. The molecule has 90 valence electrons. The predicted octanol–water partition coefficient (Wildman–Crippen LogP) is -2.48. The van der Waals surface area contributed by atoms with E-state index in [1.165, 1.54) is 4.90 Å². The highest BCUT2D eigenvalue weighted by atomic mass is 16.3. The molecule has 0 fully saturated rings. The van der Waals surface area contributed by atoms with Crippen molar-refractivity contribution in [2.45, 2.75) is 0 Å². The SMILES string of the molecule is O=C(NCCO)N(CCO)CCNCO. The number of hydrogen-bond donors (Lipinski definition) is 5. The van der Waals surface area contributed by atoms with Crippen LogP contribution in [0.4, 0.5) is 4.79 Å². The number of aliphatic hydroxyl groups excluding tert-OH is 3. The molecule has 0 radical (unpaired) electrons. The summed E-state index contributed by atoms with van der Waals surface area (Å²) in [6, 6.07) is -0.335. The van der Waals surface area contributed by atoms with Crippen LogP contribution in [0.3, 0.4) is 0 Å². The Morgan fingerprint density at radius 3 is 2.33 bits per heavy atom. The van der Waals surface area contributed by atoms with E-state index in [-0.39, 0.29) is 39.1 Å². The molecule has 0 aliphatic heterocycles. The second-order valence-electron chi connectivity index (χ2n) is 2.82. The van der Waals surface area contributed by atoms with Crippen LogP contribution in [0.2, 0.25) is 0 Å². The zero-order valence-electron chi connectivity index (χ0n) is 8.65. The van der Waals surface area contributed by atoms with Crippen molar-refractivity contribution in [2.75, 3.05) is 46.1 Å². The number of nitrogens with zero attached hydrogens (tertiary/aromatic N) is 1. The van der Waals surface area contributed by atoms with Gasteiger partial charge < -0.3 is 25.5 Å². The van der Waals surface area contributed by atoms with E-state index in [2.05, 4.69) is 10.6 Å². The fourth-order valence-corrected chi connectivity index (χ4v) is 1.00. The highest BCUT2D eigenvalue weighted by Crippen LogP contribution is 1.87. The topological polar surface area (TPSA) is 105 Å². The lowest BCUT2D eigenvalue weighted by Gasteiger charge is -2.21. The Kier molecular flexibility index (Phi) is 9.08. The van der Waals surface area contributed by atoms with Crippen LogP contribution < -0.4 is 10.6 Å². The van der Waals surface area contributed by atoms with Crippen molar-refractivity contribution in [3.05, 3.63) is 0 Å². The van der Waals surface area contributed by atoms with Crippen molar-refractivity contribution in [3.63, 3.8) is 0 Å². The van der Waals surface area contributed by atoms with Crippen LogP contribution >= 0.6 is 0 Å². The summed E-state index contributed by atoms with van der Waals surface area (Å²) in [4.78, 5) is 12.8. The molecule has 7 nitrogen and oxygen atoms in total. The van der Waals surface area contributed by atoms with Crippen LogP contribution in [0.25, 0.3) is 0 Å². The lowest BCUT2D eigenvalue weighted by Crippen LogP contribution is -2.45. The Balaban J connectivity index is 3.83. The lowest BCUT2D eigenvalue weighted by atomic mass is 10.5. The molecule has 15 heavy (non-hydrogen) atoms. The fourth-order valence-electron chi connectivity index (χ4n) is 1.00. The molecule has 0 aromatic rings. The lowest BCUT2D eigenvalue weighted by molar-refractivity contribution is 0.171. The van der Waals surface area contributed by atoms with Crippen LogP contribution in [-0.2, 0) is 0 Å². The van der Waals surface area contributed by atoms with Crippen molar-refractivity contribution in [3.8, 4) is 0 Å². The van der Waals surface area contributed by atoms with Gasteiger partial charge in [0.15, 0.2) is 0 Å². The van der Waals surface area contributed by atoms with Crippen molar-refractivity contribution in [1.29, 1.82) is 0 Å². The van der Waals surface area contributed by atoms with Gasteiger partial charge in [0.2, 0.25) is 0 Å². The molecular formula is C8H19N3O4. The second-order valence-corrected chi connectivity index (χ2v) is 2.82. The predicted molar refractivity (Wildman–Crippen MR) is 54.2 cm³/mol. The maximum Gasteiger partial charge on any atom is 0.317 e. The van der Waals surface area contributed by atoms with Gasteiger partial charge in [0, 0.05) is 26.2 Å². The number of amides is 2. The number of urea groups is 1. The molecule has 0 unspecified atom stereocenters. The van der Waals surface area contributed by atoms with Gasteiger partial charge in [0.25, 0.3) is 0 Å². The summed E-state index contributed by atoms with van der Waals surface area (Å²) in [5.74, 6) is 0. The fraction of sp³-hybridized carbons (Fsp3) is 0.875. The summed E-state index contributed by atoms with van der Waals surface area (Å²) in [5.41, 5.74) is 0. The maximum atomic E-state index is 11.4. The smallest absolute Gasteiger partial charge is 0.317 e. The monoisotopic (exact) mass is 221 g/mol. The molecule has 0 aliphatic rings. The van der Waals surface area contributed by atoms with Crippen LogP contribution in [-0.4, -0.2) is 72.4 Å². The van der Waals surface area contributed by atoms with Crippen molar-refractivity contribution in [2.24, 2.45) is 0 Å². The molecule has 0 rings (SSSR count). The zero-order chi connectivity index (χ0) is 11.5. The Labute approximate surface area is 88.7 Å². The molecular weight excluding hydrogens is 202 g/mol. The summed E-state index contributed by atoms with van der Waals surface area (Å²) < 4.78 is 0. The number of aliphatic hydroxyl groups is 3. The Hall–Kier alpha value is -0.890. The van der Waals surface area contributed by atoms with Crippen LogP contribution in [0.1, 0.15) is 0 Å². The average Bonchev–Trinajstić information content (AvgIpc) is 2.25. The molecule has 2 amide bonds. The molecule has 0 heterocycles. The van der Waals surface area contributed by atoms with E-state index in [1.54, 1.807) is 0 Å². The highest BCUT2D eigenvalue weighted by Gasteiger charge is 2.10. The van der Waals surface area contributed by atoms with E-state index in [1.807, 2.05) is 0 Å². The summed E-state index contributed by atoms with van der Waals surface area (Å²) in [5, 5.41) is 30.8. The normalized spacial score (nSPS) is 10.1. The zero-order valence-corrected chi connectivity index (χ0v) is 8.65. The molecule has 7 heteroatoms. The Morgan fingerprint density at radius 2 is 1.80 bits per heavy atom. The van der Waals surface area contributed by atoms with E-state index in [4.69, 9.17) is 15.3 Å². The summed E-state index contributed by atoms with van der Waals surface area (Å²) >= 11 is 0. The van der Waals surface area contributed by atoms with Crippen molar-refractivity contribution in [1.82, 2.24) is 15.5 Å². The van der Waals surface area contributed by atoms with Crippen LogP contribution in [0.5, 0.6) is 0 Å². The van der Waals surface area contributed by atoms with Crippen LogP contribution in [0.15, 0.2) is 0 Å². The summed E-state index contributed by atoms with van der Waals surface area (Å²) in [7, 11) is 0. The van der Waals surface area contributed by atoms with E-state index in [0.717, 1.165) is 0 Å². The standard InChI is InChI=1S/C8H19N3O4/c12-5-2-10-8(15)11(4-6-13)3-1-9-7-14/h9,12-14H,1-7H2,(H,10,15). The molecule has 0 aliphatic carbocycles. The second kappa shape index (κ2) is 9.66. The molecule has 0 saturated heterocycles.